The van der Waals surface area contributed by atoms with Crippen molar-refractivity contribution in [3.05, 3.63) is 0 Å². The zero-order valence-electron chi connectivity index (χ0n) is 11.5. The Labute approximate surface area is 114 Å². The SMILES string of the molecule is O=C(O)C1CCCN1CC(=O)N1CCCCCCC1. The number of hydrogen-bond acceptors (Lipinski definition) is 3. The van der Waals surface area contributed by atoms with Crippen molar-refractivity contribution in [3.8, 4) is 0 Å². The van der Waals surface area contributed by atoms with Crippen molar-refractivity contribution < 1.29 is 14.7 Å². The van der Waals surface area contributed by atoms with Crippen molar-refractivity contribution in [2.45, 2.75) is 51.0 Å². The highest BCUT2D eigenvalue weighted by Gasteiger charge is 2.32. The van der Waals surface area contributed by atoms with Crippen molar-refractivity contribution >= 4 is 11.9 Å². The topological polar surface area (TPSA) is 60.9 Å². The Morgan fingerprint density at radius 2 is 1.58 bits per heavy atom. The van der Waals surface area contributed by atoms with Gasteiger partial charge in [0, 0.05) is 13.1 Å². The van der Waals surface area contributed by atoms with Crippen LogP contribution in [0.4, 0.5) is 0 Å². The average molecular weight is 268 g/mol. The molecule has 0 aliphatic carbocycles. The number of amides is 1. The van der Waals surface area contributed by atoms with Crippen LogP contribution in [0, 0.1) is 0 Å². The van der Waals surface area contributed by atoms with Gasteiger partial charge in [-0.15, -0.1) is 0 Å². The maximum Gasteiger partial charge on any atom is 0.320 e. The van der Waals surface area contributed by atoms with Gasteiger partial charge in [-0.2, -0.15) is 0 Å². The van der Waals surface area contributed by atoms with Gasteiger partial charge in [0.25, 0.3) is 0 Å². The smallest absolute Gasteiger partial charge is 0.320 e. The highest BCUT2D eigenvalue weighted by molar-refractivity contribution is 5.80. The van der Waals surface area contributed by atoms with Crippen LogP contribution >= 0.6 is 0 Å². The second kappa shape index (κ2) is 6.89. The summed E-state index contributed by atoms with van der Waals surface area (Å²) in [6.07, 6.45) is 7.38. The van der Waals surface area contributed by atoms with Gasteiger partial charge in [0.2, 0.25) is 5.91 Å². The first-order valence-electron chi connectivity index (χ1n) is 7.43. The van der Waals surface area contributed by atoms with E-state index < -0.39 is 12.0 Å². The van der Waals surface area contributed by atoms with E-state index in [9.17, 15) is 9.59 Å². The van der Waals surface area contributed by atoms with E-state index in [1.807, 2.05) is 9.80 Å². The molecule has 2 aliphatic heterocycles. The van der Waals surface area contributed by atoms with Crippen molar-refractivity contribution in [1.82, 2.24) is 9.80 Å². The molecule has 0 radical (unpaired) electrons. The molecule has 2 aliphatic rings. The number of aliphatic carboxylic acids is 1. The summed E-state index contributed by atoms with van der Waals surface area (Å²) in [5.74, 6) is -0.687. The zero-order valence-corrected chi connectivity index (χ0v) is 11.5. The number of carbonyl (C=O) groups is 2. The highest BCUT2D eigenvalue weighted by atomic mass is 16.4. The van der Waals surface area contributed by atoms with Gasteiger partial charge in [-0.1, -0.05) is 19.3 Å². The molecule has 2 fully saturated rings. The molecule has 2 saturated heterocycles. The lowest BCUT2D eigenvalue weighted by atomic mass is 10.1. The molecule has 5 nitrogen and oxygen atoms in total. The van der Waals surface area contributed by atoms with E-state index in [1.165, 1.54) is 19.3 Å². The summed E-state index contributed by atoms with van der Waals surface area (Å²) in [5, 5.41) is 9.12. The van der Waals surface area contributed by atoms with Gasteiger partial charge in [0.15, 0.2) is 0 Å². The van der Waals surface area contributed by atoms with Crippen LogP contribution in [0.3, 0.4) is 0 Å². The summed E-state index contributed by atoms with van der Waals surface area (Å²) >= 11 is 0. The Bertz CT molecular complexity index is 325. The summed E-state index contributed by atoms with van der Waals surface area (Å²) in [6, 6.07) is -0.460. The normalized spacial score (nSPS) is 25.9. The predicted octanol–water partition coefficient (Wildman–Crippen LogP) is 1.33. The molecule has 108 valence electrons. The number of carbonyl (C=O) groups excluding carboxylic acids is 1. The zero-order chi connectivity index (χ0) is 13.7. The molecule has 5 heteroatoms. The molecule has 0 aromatic heterocycles. The maximum atomic E-state index is 12.3. The lowest BCUT2D eigenvalue weighted by Gasteiger charge is -2.28. The molecule has 2 rings (SSSR count). The van der Waals surface area contributed by atoms with Gasteiger partial charge in [0.1, 0.15) is 6.04 Å². The van der Waals surface area contributed by atoms with Crippen LogP contribution in [0.15, 0.2) is 0 Å². The van der Waals surface area contributed by atoms with Gasteiger partial charge in [-0.3, -0.25) is 14.5 Å². The monoisotopic (exact) mass is 268 g/mol. The molecule has 2 heterocycles. The Balaban J connectivity index is 1.86. The van der Waals surface area contributed by atoms with Gasteiger partial charge in [-0.05, 0) is 32.2 Å². The number of rotatable bonds is 3. The molecule has 0 bridgehead atoms. The molecule has 0 saturated carbocycles. The molecule has 1 unspecified atom stereocenters. The number of carboxylic acid groups (broad SMARTS) is 1. The minimum Gasteiger partial charge on any atom is -0.480 e. The summed E-state index contributed by atoms with van der Waals surface area (Å²) in [7, 11) is 0. The highest BCUT2D eigenvalue weighted by Crippen LogP contribution is 2.18. The third-order valence-electron chi connectivity index (χ3n) is 4.20. The van der Waals surface area contributed by atoms with Gasteiger partial charge >= 0.3 is 5.97 Å². The van der Waals surface area contributed by atoms with Crippen LogP contribution in [-0.2, 0) is 9.59 Å². The van der Waals surface area contributed by atoms with E-state index in [1.54, 1.807) is 0 Å². The van der Waals surface area contributed by atoms with E-state index >= 15 is 0 Å². The minimum atomic E-state index is -0.794. The van der Waals surface area contributed by atoms with Crippen LogP contribution in [0.1, 0.15) is 44.9 Å². The fourth-order valence-electron chi connectivity index (χ4n) is 3.07. The molecule has 0 aromatic rings. The van der Waals surface area contributed by atoms with E-state index in [0.29, 0.717) is 6.42 Å². The van der Waals surface area contributed by atoms with Gasteiger partial charge < -0.3 is 10.0 Å². The van der Waals surface area contributed by atoms with E-state index in [0.717, 1.165) is 38.9 Å². The van der Waals surface area contributed by atoms with Crippen LogP contribution in [0.2, 0.25) is 0 Å². The van der Waals surface area contributed by atoms with E-state index in [-0.39, 0.29) is 12.5 Å². The third-order valence-corrected chi connectivity index (χ3v) is 4.20. The van der Waals surface area contributed by atoms with Crippen LogP contribution in [0.25, 0.3) is 0 Å². The second-order valence-corrected chi connectivity index (χ2v) is 5.62. The summed E-state index contributed by atoms with van der Waals surface area (Å²) < 4.78 is 0. The standard InChI is InChI=1S/C14H24N2O3/c17-13(15-8-4-2-1-3-5-9-15)11-16-10-6-7-12(16)14(18)19/h12H,1-11H2,(H,18,19). The first-order valence-corrected chi connectivity index (χ1v) is 7.43. The van der Waals surface area contributed by atoms with Crippen molar-refractivity contribution in [1.29, 1.82) is 0 Å². The second-order valence-electron chi connectivity index (χ2n) is 5.62. The summed E-state index contributed by atoms with van der Waals surface area (Å²) in [4.78, 5) is 27.1. The quantitative estimate of drug-likeness (QED) is 0.839. The molecule has 1 N–H and O–H groups in total. The Morgan fingerprint density at radius 3 is 2.21 bits per heavy atom. The molecule has 1 amide bonds. The van der Waals surface area contributed by atoms with Gasteiger partial charge in [-0.25, -0.2) is 0 Å². The predicted molar refractivity (Wildman–Crippen MR) is 71.9 cm³/mol. The van der Waals surface area contributed by atoms with Gasteiger partial charge in [0.05, 0.1) is 6.54 Å². The number of hydrogen-bond donors (Lipinski definition) is 1. The number of likely N-dealkylation sites (tertiary alicyclic amines) is 2. The van der Waals surface area contributed by atoms with Crippen molar-refractivity contribution in [2.75, 3.05) is 26.2 Å². The van der Waals surface area contributed by atoms with Crippen LogP contribution in [0.5, 0.6) is 0 Å². The molecule has 0 spiro atoms. The Hall–Kier alpha value is -1.10. The first-order chi connectivity index (χ1) is 9.18. The molecule has 0 aromatic carbocycles. The molecule has 19 heavy (non-hydrogen) atoms. The fourth-order valence-corrected chi connectivity index (χ4v) is 3.07. The first kappa shape index (κ1) is 14.3. The fraction of sp³-hybridized carbons (Fsp3) is 0.857. The average Bonchev–Trinajstić information content (AvgIpc) is 2.76. The van der Waals surface area contributed by atoms with Crippen LogP contribution < -0.4 is 0 Å². The van der Waals surface area contributed by atoms with E-state index in [2.05, 4.69) is 0 Å². The third kappa shape index (κ3) is 3.93. The molecule has 1 atom stereocenters. The molecular weight excluding hydrogens is 244 g/mol. The summed E-state index contributed by atoms with van der Waals surface area (Å²) in [5.41, 5.74) is 0. The Kier molecular flexibility index (Phi) is 5.19. The maximum absolute atomic E-state index is 12.3. The number of carboxylic acids is 1. The lowest BCUT2D eigenvalue weighted by Crippen LogP contribution is -2.45. The van der Waals surface area contributed by atoms with Crippen molar-refractivity contribution in [3.63, 3.8) is 0 Å². The van der Waals surface area contributed by atoms with Crippen molar-refractivity contribution in [2.24, 2.45) is 0 Å². The van der Waals surface area contributed by atoms with Crippen LogP contribution in [-0.4, -0.2) is 59.0 Å². The lowest BCUT2D eigenvalue weighted by molar-refractivity contribution is -0.143. The minimum absolute atomic E-state index is 0.107. The summed E-state index contributed by atoms with van der Waals surface area (Å²) in [6.45, 7) is 2.68. The number of nitrogens with zero attached hydrogens (tertiary/aromatic N) is 2. The van der Waals surface area contributed by atoms with E-state index in [4.69, 9.17) is 5.11 Å². The molecular formula is C14H24N2O3. The largest absolute Gasteiger partial charge is 0.480 e. The Morgan fingerprint density at radius 1 is 0.947 bits per heavy atom.